The Morgan fingerprint density at radius 3 is 2.18 bits per heavy atom. The van der Waals surface area contributed by atoms with Gasteiger partial charge >= 0.3 is 18.4 Å². The zero-order chi connectivity index (χ0) is 24.6. The molecule has 0 saturated heterocycles. The highest BCUT2D eigenvalue weighted by atomic mass is 19.4. The minimum absolute atomic E-state index is 0.0224. The van der Waals surface area contributed by atoms with E-state index >= 15 is 0 Å². The van der Waals surface area contributed by atoms with Crippen LogP contribution in [-0.4, -0.2) is 27.4 Å². The highest BCUT2D eigenvalue weighted by molar-refractivity contribution is 5.90. The maximum absolute atomic E-state index is 13.1. The SMILES string of the molecule is CCN(C(=O)Nc1cc(C(F)(F)F)cc(C(F)(F)F)c1)C(C)c1nc2ccccc2c(=O)[nH]1. The van der Waals surface area contributed by atoms with Crippen molar-refractivity contribution in [3.63, 3.8) is 0 Å². The first-order valence-corrected chi connectivity index (χ1v) is 9.67. The topological polar surface area (TPSA) is 78.1 Å². The molecule has 0 aliphatic heterocycles. The number of rotatable bonds is 4. The van der Waals surface area contributed by atoms with Crippen LogP contribution in [0.15, 0.2) is 47.3 Å². The molecule has 1 heterocycles. The molecule has 0 fully saturated rings. The Hall–Kier alpha value is -3.57. The van der Waals surface area contributed by atoms with Crippen LogP contribution in [0.25, 0.3) is 10.9 Å². The molecular weight excluding hydrogens is 454 g/mol. The van der Waals surface area contributed by atoms with Crippen LogP contribution in [-0.2, 0) is 12.4 Å². The lowest BCUT2D eigenvalue weighted by Gasteiger charge is -2.28. The van der Waals surface area contributed by atoms with Crippen LogP contribution < -0.4 is 10.9 Å². The number of hydrogen-bond acceptors (Lipinski definition) is 3. The second-order valence-corrected chi connectivity index (χ2v) is 7.16. The Kier molecular flexibility index (Phi) is 6.39. The third-order valence-electron chi connectivity index (χ3n) is 4.93. The van der Waals surface area contributed by atoms with Gasteiger partial charge in [0.05, 0.1) is 28.1 Å². The molecule has 33 heavy (non-hydrogen) atoms. The minimum Gasteiger partial charge on any atom is -0.315 e. The lowest BCUT2D eigenvalue weighted by Crippen LogP contribution is -2.38. The van der Waals surface area contributed by atoms with Gasteiger partial charge < -0.3 is 15.2 Å². The summed E-state index contributed by atoms with van der Waals surface area (Å²) in [5.74, 6) is 0.107. The number of alkyl halides is 6. The number of anilines is 1. The minimum atomic E-state index is -5.05. The molecule has 0 aliphatic carbocycles. The summed E-state index contributed by atoms with van der Waals surface area (Å²) in [7, 11) is 0. The highest BCUT2D eigenvalue weighted by Crippen LogP contribution is 2.37. The number of urea groups is 1. The molecule has 2 amide bonds. The van der Waals surface area contributed by atoms with Crippen LogP contribution >= 0.6 is 0 Å². The summed E-state index contributed by atoms with van der Waals surface area (Å²) in [5.41, 5.74) is -3.86. The molecular formula is C21H18F6N4O2. The van der Waals surface area contributed by atoms with Gasteiger partial charge in [-0.2, -0.15) is 26.3 Å². The van der Waals surface area contributed by atoms with Crippen molar-refractivity contribution in [2.75, 3.05) is 11.9 Å². The maximum Gasteiger partial charge on any atom is 0.416 e. The second kappa shape index (κ2) is 8.75. The Bertz CT molecular complexity index is 1200. The van der Waals surface area contributed by atoms with Gasteiger partial charge in [0.2, 0.25) is 0 Å². The van der Waals surface area contributed by atoms with Gasteiger partial charge in [-0.3, -0.25) is 4.79 Å². The fourth-order valence-corrected chi connectivity index (χ4v) is 3.27. The van der Waals surface area contributed by atoms with Crippen molar-refractivity contribution < 1.29 is 31.1 Å². The van der Waals surface area contributed by atoms with Crippen molar-refractivity contribution >= 4 is 22.6 Å². The molecule has 0 aliphatic rings. The van der Waals surface area contributed by atoms with Gasteiger partial charge in [0.15, 0.2) is 0 Å². The van der Waals surface area contributed by atoms with Crippen LogP contribution in [0.5, 0.6) is 0 Å². The number of aromatic amines is 1. The van der Waals surface area contributed by atoms with E-state index in [4.69, 9.17) is 0 Å². The number of carbonyl (C=O) groups excluding carboxylic acids is 1. The molecule has 176 valence electrons. The lowest BCUT2D eigenvalue weighted by atomic mass is 10.1. The van der Waals surface area contributed by atoms with E-state index < -0.39 is 46.8 Å². The van der Waals surface area contributed by atoms with Crippen LogP contribution in [0.2, 0.25) is 0 Å². The first-order chi connectivity index (χ1) is 15.3. The molecule has 2 aromatic carbocycles. The zero-order valence-electron chi connectivity index (χ0n) is 17.3. The molecule has 1 aromatic heterocycles. The Morgan fingerprint density at radius 2 is 1.64 bits per heavy atom. The number of nitrogens with zero attached hydrogens (tertiary/aromatic N) is 2. The van der Waals surface area contributed by atoms with Gasteiger partial charge in [0, 0.05) is 12.2 Å². The number of hydrogen-bond donors (Lipinski definition) is 2. The van der Waals surface area contributed by atoms with Crippen molar-refractivity contribution in [1.29, 1.82) is 0 Å². The van der Waals surface area contributed by atoms with Crippen molar-refractivity contribution in [3.8, 4) is 0 Å². The molecule has 0 bridgehead atoms. The normalized spacial score (nSPS) is 13.1. The summed E-state index contributed by atoms with van der Waals surface area (Å²) in [4.78, 5) is 33.1. The first kappa shape index (κ1) is 24.1. The molecule has 2 N–H and O–H groups in total. The van der Waals surface area contributed by atoms with E-state index in [1.165, 1.54) is 6.92 Å². The van der Waals surface area contributed by atoms with E-state index in [2.05, 4.69) is 15.3 Å². The number of amides is 2. The summed E-state index contributed by atoms with van der Waals surface area (Å²) in [6.45, 7) is 3.10. The van der Waals surface area contributed by atoms with E-state index in [-0.39, 0.29) is 18.4 Å². The van der Waals surface area contributed by atoms with Crippen molar-refractivity contribution in [2.45, 2.75) is 32.2 Å². The molecule has 0 saturated carbocycles. The summed E-state index contributed by atoms with van der Waals surface area (Å²) in [6, 6.07) is 5.47. The van der Waals surface area contributed by atoms with Crippen LogP contribution in [0.3, 0.4) is 0 Å². The van der Waals surface area contributed by atoms with Gasteiger partial charge in [-0.1, -0.05) is 12.1 Å². The van der Waals surface area contributed by atoms with Crippen molar-refractivity contribution in [2.24, 2.45) is 0 Å². The Balaban J connectivity index is 1.93. The Labute approximate surface area is 183 Å². The number of para-hydroxylation sites is 1. The molecule has 1 atom stereocenters. The third kappa shape index (κ3) is 5.26. The van der Waals surface area contributed by atoms with E-state index in [1.807, 2.05) is 0 Å². The van der Waals surface area contributed by atoms with Crippen LogP contribution in [0.4, 0.5) is 36.8 Å². The number of halogens is 6. The van der Waals surface area contributed by atoms with Gasteiger partial charge in [0.25, 0.3) is 5.56 Å². The quantitative estimate of drug-likeness (QED) is 0.487. The number of aromatic nitrogens is 2. The van der Waals surface area contributed by atoms with Gasteiger partial charge in [0.1, 0.15) is 5.82 Å². The van der Waals surface area contributed by atoms with E-state index in [0.717, 1.165) is 4.90 Å². The van der Waals surface area contributed by atoms with E-state index in [0.29, 0.717) is 23.0 Å². The van der Waals surface area contributed by atoms with E-state index in [1.54, 1.807) is 31.2 Å². The smallest absolute Gasteiger partial charge is 0.315 e. The molecule has 3 rings (SSSR count). The number of fused-ring (bicyclic) bond motifs is 1. The average Bonchev–Trinajstić information content (AvgIpc) is 2.72. The summed E-state index contributed by atoms with van der Waals surface area (Å²) in [5, 5.41) is 2.41. The predicted octanol–water partition coefficient (Wildman–Crippen LogP) is 5.58. The van der Waals surface area contributed by atoms with Gasteiger partial charge in [-0.25, -0.2) is 9.78 Å². The first-order valence-electron chi connectivity index (χ1n) is 9.67. The average molecular weight is 472 g/mol. The summed E-state index contributed by atoms with van der Waals surface area (Å²) < 4.78 is 78.5. The van der Waals surface area contributed by atoms with E-state index in [9.17, 15) is 35.9 Å². The maximum atomic E-state index is 13.1. The largest absolute Gasteiger partial charge is 0.416 e. The summed E-state index contributed by atoms with van der Waals surface area (Å²) >= 11 is 0. The Morgan fingerprint density at radius 1 is 1.06 bits per heavy atom. The molecule has 3 aromatic rings. The van der Waals surface area contributed by atoms with Crippen LogP contribution in [0.1, 0.15) is 36.8 Å². The molecule has 0 radical (unpaired) electrons. The number of nitrogens with one attached hydrogen (secondary N) is 2. The van der Waals surface area contributed by atoms with Gasteiger partial charge in [-0.05, 0) is 44.2 Å². The number of benzene rings is 2. The van der Waals surface area contributed by atoms with Crippen LogP contribution in [0, 0.1) is 0 Å². The molecule has 12 heteroatoms. The standard InChI is InChI=1S/C21H18F6N4O2/c1-3-31(11(2)17-29-16-7-5-4-6-15(16)18(32)30-17)19(33)28-14-9-12(20(22,23)24)8-13(10-14)21(25,26)27/h4-11H,3H2,1-2H3,(H,28,33)(H,29,30,32). The van der Waals surface area contributed by atoms with Gasteiger partial charge in [-0.15, -0.1) is 0 Å². The summed E-state index contributed by atoms with van der Waals surface area (Å²) in [6.07, 6.45) is -10.1. The third-order valence-corrected chi connectivity index (χ3v) is 4.93. The monoisotopic (exact) mass is 472 g/mol. The predicted molar refractivity (Wildman–Crippen MR) is 109 cm³/mol. The fraction of sp³-hybridized carbons (Fsp3) is 0.286. The molecule has 0 spiro atoms. The lowest BCUT2D eigenvalue weighted by molar-refractivity contribution is -0.143. The van der Waals surface area contributed by atoms with Crippen molar-refractivity contribution in [3.05, 3.63) is 69.8 Å². The molecule has 6 nitrogen and oxygen atoms in total. The van der Waals surface area contributed by atoms with Crippen molar-refractivity contribution in [1.82, 2.24) is 14.9 Å². The number of carbonyl (C=O) groups is 1. The highest BCUT2D eigenvalue weighted by Gasteiger charge is 2.37. The number of H-pyrrole nitrogens is 1. The molecule has 1 unspecified atom stereocenters. The zero-order valence-corrected chi connectivity index (χ0v) is 17.3. The fourth-order valence-electron chi connectivity index (χ4n) is 3.27. The second-order valence-electron chi connectivity index (χ2n) is 7.16.